The maximum atomic E-state index is 12.3. The van der Waals surface area contributed by atoms with Crippen LogP contribution in [0.15, 0.2) is 54.6 Å². The summed E-state index contributed by atoms with van der Waals surface area (Å²) >= 11 is 7.01. The van der Waals surface area contributed by atoms with E-state index in [9.17, 15) is 4.79 Å². The lowest BCUT2D eigenvalue weighted by atomic mass is 10.1. The van der Waals surface area contributed by atoms with Gasteiger partial charge in [-0.1, -0.05) is 30.3 Å². The SMILES string of the molecule is COC(=O)c1cc(Cc2ccccc2)sc1NC(=S)NC(C)c1cc(OC)ccc1OC. The summed E-state index contributed by atoms with van der Waals surface area (Å²) in [4.78, 5) is 13.4. The molecule has 3 rings (SSSR count). The topological polar surface area (TPSA) is 68.8 Å². The molecule has 3 aromatic rings. The molecule has 168 valence electrons. The fourth-order valence-corrected chi connectivity index (χ4v) is 4.70. The molecule has 0 aliphatic rings. The number of carbonyl (C=O) groups excluding carboxylic acids is 1. The smallest absolute Gasteiger partial charge is 0.340 e. The highest BCUT2D eigenvalue weighted by Gasteiger charge is 2.19. The minimum atomic E-state index is -0.409. The van der Waals surface area contributed by atoms with Gasteiger partial charge in [0.2, 0.25) is 0 Å². The summed E-state index contributed by atoms with van der Waals surface area (Å²) in [5.41, 5.74) is 2.52. The highest BCUT2D eigenvalue weighted by Crippen LogP contribution is 2.32. The summed E-state index contributed by atoms with van der Waals surface area (Å²) in [5, 5.41) is 7.45. The van der Waals surface area contributed by atoms with E-state index in [1.807, 2.05) is 49.4 Å². The lowest BCUT2D eigenvalue weighted by Crippen LogP contribution is -2.31. The number of benzene rings is 2. The van der Waals surface area contributed by atoms with Crippen LogP contribution in [0.3, 0.4) is 0 Å². The number of thiophene rings is 1. The van der Waals surface area contributed by atoms with E-state index in [0.717, 1.165) is 33.9 Å². The molecule has 32 heavy (non-hydrogen) atoms. The van der Waals surface area contributed by atoms with Crippen LogP contribution in [-0.4, -0.2) is 32.4 Å². The van der Waals surface area contributed by atoms with Crippen molar-refractivity contribution in [1.82, 2.24) is 5.32 Å². The number of anilines is 1. The second-order valence-electron chi connectivity index (χ2n) is 7.04. The number of thiocarbonyl (C=S) groups is 1. The second-order valence-corrected chi connectivity index (χ2v) is 8.58. The minimum absolute atomic E-state index is 0.162. The quantitative estimate of drug-likeness (QED) is 0.347. The van der Waals surface area contributed by atoms with Crippen molar-refractivity contribution < 1.29 is 19.0 Å². The molecule has 0 aliphatic carbocycles. The number of nitrogens with one attached hydrogen (secondary N) is 2. The first-order valence-corrected chi connectivity index (χ1v) is 11.2. The van der Waals surface area contributed by atoms with Gasteiger partial charge in [-0.2, -0.15) is 0 Å². The van der Waals surface area contributed by atoms with Crippen LogP contribution >= 0.6 is 23.6 Å². The minimum Gasteiger partial charge on any atom is -0.497 e. The molecule has 2 N–H and O–H groups in total. The first-order valence-electron chi connectivity index (χ1n) is 9.99. The Bertz CT molecular complexity index is 1080. The van der Waals surface area contributed by atoms with Crippen molar-refractivity contribution in [1.29, 1.82) is 0 Å². The van der Waals surface area contributed by atoms with E-state index in [1.165, 1.54) is 18.4 Å². The van der Waals surface area contributed by atoms with Gasteiger partial charge in [-0.3, -0.25) is 0 Å². The third-order valence-electron chi connectivity index (χ3n) is 4.89. The largest absolute Gasteiger partial charge is 0.497 e. The molecule has 8 heteroatoms. The van der Waals surface area contributed by atoms with E-state index >= 15 is 0 Å². The average Bonchev–Trinajstić information content (AvgIpc) is 3.20. The monoisotopic (exact) mass is 470 g/mol. The number of esters is 1. The average molecular weight is 471 g/mol. The number of methoxy groups -OCH3 is 3. The molecule has 0 saturated heterocycles. The molecule has 0 aliphatic heterocycles. The lowest BCUT2D eigenvalue weighted by Gasteiger charge is -2.20. The van der Waals surface area contributed by atoms with Crippen molar-refractivity contribution in [3.05, 3.63) is 76.2 Å². The predicted octanol–water partition coefficient (Wildman–Crippen LogP) is 5.19. The fraction of sp³-hybridized carbons (Fsp3) is 0.250. The summed E-state index contributed by atoms with van der Waals surface area (Å²) in [7, 11) is 4.61. The van der Waals surface area contributed by atoms with Gasteiger partial charge < -0.3 is 24.8 Å². The normalized spacial score (nSPS) is 11.4. The summed E-state index contributed by atoms with van der Waals surface area (Å²) < 4.78 is 15.8. The fourth-order valence-electron chi connectivity index (χ4n) is 3.27. The molecule has 0 spiro atoms. The lowest BCUT2D eigenvalue weighted by molar-refractivity contribution is 0.0602. The van der Waals surface area contributed by atoms with E-state index in [0.29, 0.717) is 15.7 Å². The van der Waals surface area contributed by atoms with Gasteiger partial charge in [0, 0.05) is 16.9 Å². The summed E-state index contributed by atoms with van der Waals surface area (Å²) in [6, 6.07) is 17.4. The predicted molar refractivity (Wildman–Crippen MR) is 132 cm³/mol. The third kappa shape index (κ3) is 5.77. The molecule has 0 fully saturated rings. The Hall–Kier alpha value is -3.10. The van der Waals surface area contributed by atoms with E-state index in [1.54, 1.807) is 14.2 Å². The zero-order chi connectivity index (χ0) is 23.1. The maximum absolute atomic E-state index is 12.3. The van der Waals surface area contributed by atoms with Crippen molar-refractivity contribution in [2.24, 2.45) is 0 Å². The van der Waals surface area contributed by atoms with E-state index in [-0.39, 0.29) is 6.04 Å². The summed E-state index contributed by atoms with van der Waals surface area (Å²) in [5.74, 6) is 1.05. The van der Waals surface area contributed by atoms with Crippen LogP contribution in [0.5, 0.6) is 11.5 Å². The summed E-state index contributed by atoms with van der Waals surface area (Å²) in [6.07, 6.45) is 0.717. The number of ether oxygens (including phenoxy) is 3. The van der Waals surface area contributed by atoms with Crippen molar-refractivity contribution in [2.75, 3.05) is 26.6 Å². The van der Waals surface area contributed by atoms with Crippen LogP contribution in [-0.2, 0) is 11.2 Å². The highest BCUT2D eigenvalue weighted by atomic mass is 32.1. The molecule has 1 atom stereocenters. The molecule has 0 amide bonds. The van der Waals surface area contributed by atoms with Gasteiger partial charge in [0.1, 0.15) is 16.5 Å². The standard InChI is InChI=1S/C24H26N2O4S2/c1-15(19-13-17(28-2)10-11-21(19)29-3)25-24(31)26-22-20(23(27)30-4)14-18(32-22)12-16-8-6-5-7-9-16/h5-11,13-15H,12H2,1-4H3,(H2,25,26,31). The van der Waals surface area contributed by atoms with Crippen LogP contribution in [0.25, 0.3) is 0 Å². The number of hydrogen-bond donors (Lipinski definition) is 2. The molecule has 1 heterocycles. The third-order valence-corrected chi connectivity index (χ3v) is 6.16. The van der Waals surface area contributed by atoms with E-state index < -0.39 is 5.97 Å². The van der Waals surface area contributed by atoms with Gasteiger partial charge in [-0.05, 0) is 49.0 Å². The Labute approximate surface area is 197 Å². The van der Waals surface area contributed by atoms with Crippen LogP contribution in [0, 0.1) is 0 Å². The van der Waals surface area contributed by atoms with Gasteiger partial charge in [-0.25, -0.2) is 4.79 Å². The van der Waals surface area contributed by atoms with Crippen LogP contribution in [0.2, 0.25) is 0 Å². The summed E-state index contributed by atoms with van der Waals surface area (Å²) in [6.45, 7) is 1.97. The van der Waals surface area contributed by atoms with E-state index in [2.05, 4.69) is 22.8 Å². The molecule has 0 saturated carbocycles. The Balaban J connectivity index is 1.77. The zero-order valence-electron chi connectivity index (χ0n) is 18.4. The number of carbonyl (C=O) groups is 1. The molecule has 1 aromatic heterocycles. The molecular formula is C24H26N2O4S2. The molecule has 0 bridgehead atoms. The first kappa shape index (κ1) is 23.6. The molecule has 0 radical (unpaired) electrons. The van der Waals surface area contributed by atoms with Gasteiger partial charge in [0.25, 0.3) is 0 Å². The maximum Gasteiger partial charge on any atom is 0.340 e. The van der Waals surface area contributed by atoms with Crippen LogP contribution in [0.1, 0.15) is 39.3 Å². The Morgan fingerprint density at radius 1 is 1.06 bits per heavy atom. The van der Waals surface area contributed by atoms with E-state index in [4.69, 9.17) is 26.4 Å². The van der Waals surface area contributed by atoms with Crippen LogP contribution < -0.4 is 20.1 Å². The second kappa shape index (κ2) is 11.0. The zero-order valence-corrected chi connectivity index (χ0v) is 20.1. The van der Waals surface area contributed by atoms with Crippen molar-refractivity contribution in [3.63, 3.8) is 0 Å². The molecule has 1 unspecified atom stereocenters. The number of hydrogen-bond acceptors (Lipinski definition) is 6. The molecular weight excluding hydrogens is 444 g/mol. The Morgan fingerprint density at radius 2 is 1.81 bits per heavy atom. The van der Waals surface area contributed by atoms with Gasteiger partial charge in [0.05, 0.1) is 32.9 Å². The van der Waals surface area contributed by atoms with Crippen molar-refractivity contribution >= 4 is 39.6 Å². The Morgan fingerprint density at radius 3 is 2.47 bits per heavy atom. The van der Waals surface area contributed by atoms with Gasteiger partial charge in [0.15, 0.2) is 5.11 Å². The van der Waals surface area contributed by atoms with Crippen molar-refractivity contribution in [2.45, 2.75) is 19.4 Å². The first-order chi connectivity index (χ1) is 15.4. The number of rotatable bonds is 8. The van der Waals surface area contributed by atoms with Gasteiger partial charge >= 0.3 is 5.97 Å². The van der Waals surface area contributed by atoms with Crippen molar-refractivity contribution in [3.8, 4) is 11.5 Å². The van der Waals surface area contributed by atoms with Gasteiger partial charge in [-0.15, -0.1) is 11.3 Å². The molecule has 2 aromatic carbocycles. The Kier molecular flexibility index (Phi) is 8.08. The molecule has 6 nitrogen and oxygen atoms in total. The highest BCUT2D eigenvalue weighted by molar-refractivity contribution is 7.80. The van der Waals surface area contributed by atoms with Crippen LogP contribution in [0.4, 0.5) is 5.00 Å².